The monoisotopic (exact) mass is 1210 g/mol. The van der Waals surface area contributed by atoms with E-state index in [4.69, 9.17) is 28.7 Å². The van der Waals surface area contributed by atoms with E-state index in [-0.39, 0.29) is 82.3 Å². The standard InChI is InChI=1S/C55H90N16O15/c1-27(2)21-37(66-46(77)33(57)17-18-41(58)73)49(80)64-35(15-10-11-19-56)48(79)71-44(29(5)6)52(83)69-40(24-43(75)76)51(82)67-38(22-28(3)4)50(81)68-39(23-31-25-62-34-14-9-8-13-32(31)34)47(78)63-26-42(74)70-45(30(7)72)53(84)65-36(54(85)86)16-12-20-61-55(59)60/h8-9,13-14,25,27-30,33,35-40,44-45,62,72H,10-12,15-24,26,56-57H2,1-7H3,(H2,58,73)(H,63,78)(H,64,80)(H,65,84)(H,66,77)(H,67,82)(H,68,81)(H,69,83)(H,70,74)(H,71,79)(H,75,76)(H,85,86)(H4,59,60,61)/t30-,33+,35+,36+,37+,38+,39+,40+,44+,45+/m1/s1. The summed E-state index contributed by atoms with van der Waals surface area (Å²) in [6.45, 7) is 10.8. The van der Waals surface area contributed by atoms with Crippen molar-refractivity contribution < 1.29 is 72.9 Å². The van der Waals surface area contributed by atoms with Crippen LogP contribution in [0.15, 0.2) is 35.5 Å². The number of H-pyrrole nitrogens is 1. The highest BCUT2D eigenvalue weighted by atomic mass is 16.4. The Kier molecular flexibility index (Phi) is 31.8. The van der Waals surface area contributed by atoms with Gasteiger partial charge in [0.25, 0.3) is 0 Å². The van der Waals surface area contributed by atoms with Gasteiger partial charge in [-0.15, -0.1) is 0 Å². The van der Waals surface area contributed by atoms with Crippen molar-refractivity contribution in [3.05, 3.63) is 36.0 Å². The first-order valence-corrected chi connectivity index (χ1v) is 28.5. The van der Waals surface area contributed by atoms with Crippen molar-refractivity contribution in [2.24, 2.45) is 51.4 Å². The first-order chi connectivity index (χ1) is 40.3. The fraction of sp³-hybridized carbons (Fsp3) is 0.618. The highest BCUT2D eigenvalue weighted by Gasteiger charge is 2.37. The summed E-state index contributed by atoms with van der Waals surface area (Å²) >= 11 is 0. The third-order valence-corrected chi connectivity index (χ3v) is 13.4. The number of carboxylic acids is 2. The van der Waals surface area contributed by atoms with Crippen LogP contribution in [-0.4, -0.2) is 177 Å². The molecule has 1 heterocycles. The summed E-state index contributed by atoms with van der Waals surface area (Å²) in [5.74, 6) is -13.5. The SMILES string of the molecule is CC(C)C[C@H](NC(=O)[C@H](CC(=O)O)NC(=O)[C@@H](NC(=O)[C@H](CCCCN)NC(=O)[C@H](CC(C)C)NC(=O)[C@@H](N)CCC(N)=O)C(C)C)C(=O)N[C@@H](Cc1c[nH]c2ccccc12)C(=O)NCC(=O)N[C@H](C(=O)N[C@@H](CCCN=C(N)N)C(=O)O)[C@@H](C)O. The lowest BCUT2D eigenvalue weighted by molar-refractivity contribution is -0.143. The van der Waals surface area contributed by atoms with Crippen molar-refractivity contribution in [3.8, 4) is 0 Å². The second kappa shape index (κ2) is 37.1. The number of aliphatic hydroxyl groups excluding tert-OH is 1. The zero-order valence-corrected chi connectivity index (χ0v) is 49.9. The van der Waals surface area contributed by atoms with E-state index in [9.17, 15) is 72.9 Å². The Morgan fingerprint density at radius 2 is 1.10 bits per heavy atom. The molecule has 480 valence electrons. The molecule has 0 aliphatic carbocycles. The molecule has 0 fully saturated rings. The average Bonchev–Trinajstić information content (AvgIpc) is 2.60. The second-order valence-electron chi connectivity index (χ2n) is 22.2. The number of hydrogen-bond acceptors (Lipinski definition) is 16. The lowest BCUT2D eigenvalue weighted by atomic mass is 9.99. The number of nitrogens with zero attached hydrogens (tertiary/aromatic N) is 1. The van der Waals surface area contributed by atoms with Gasteiger partial charge >= 0.3 is 11.9 Å². The molecule has 31 nitrogen and oxygen atoms in total. The van der Waals surface area contributed by atoms with Crippen molar-refractivity contribution in [1.82, 2.24) is 52.8 Å². The maximum absolute atomic E-state index is 14.4. The fourth-order valence-corrected chi connectivity index (χ4v) is 8.80. The van der Waals surface area contributed by atoms with Gasteiger partial charge in [-0.25, -0.2) is 4.79 Å². The molecule has 1 aromatic heterocycles. The molecule has 2 rings (SSSR count). The first-order valence-electron chi connectivity index (χ1n) is 28.5. The van der Waals surface area contributed by atoms with Crippen molar-refractivity contribution >= 4 is 87.9 Å². The molecule has 0 spiro atoms. The number of carbonyl (C=O) groups is 12. The molecule has 0 unspecified atom stereocenters. The second-order valence-corrected chi connectivity index (χ2v) is 22.2. The quantitative estimate of drug-likeness (QED) is 0.0173. The van der Waals surface area contributed by atoms with Gasteiger partial charge in [0.15, 0.2) is 5.96 Å². The molecule has 1 aromatic carbocycles. The Bertz CT molecular complexity index is 2680. The number of nitrogens with two attached hydrogens (primary N) is 5. The number of carbonyl (C=O) groups excluding carboxylic acids is 10. The van der Waals surface area contributed by atoms with Gasteiger partial charge in [-0.2, -0.15) is 0 Å². The number of aliphatic imine (C=N–C) groups is 1. The van der Waals surface area contributed by atoms with Crippen LogP contribution in [0.5, 0.6) is 0 Å². The van der Waals surface area contributed by atoms with Crippen LogP contribution in [0.4, 0.5) is 0 Å². The number of aliphatic carboxylic acids is 2. The van der Waals surface area contributed by atoms with Crippen LogP contribution < -0.4 is 76.5 Å². The van der Waals surface area contributed by atoms with E-state index in [0.29, 0.717) is 29.3 Å². The molecule has 23 N–H and O–H groups in total. The number of rotatable bonds is 40. The van der Waals surface area contributed by atoms with Gasteiger partial charge in [0.05, 0.1) is 25.1 Å². The Morgan fingerprint density at radius 3 is 1.65 bits per heavy atom. The Morgan fingerprint density at radius 1 is 0.581 bits per heavy atom. The number of benzene rings is 1. The summed E-state index contributed by atoms with van der Waals surface area (Å²) in [6.07, 6.45) is -0.586. The Labute approximate surface area is 498 Å². The summed E-state index contributed by atoms with van der Waals surface area (Å²) in [4.78, 5) is 167. The highest BCUT2D eigenvalue weighted by molar-refractivity contribution is 5.99. The number of guanidine groups is 1. The number of hydrogen-bond donors (Lipinski definition) is 18. The summed E-state index contributed by atoms with van der Waals surface area (Å²) in [6, 6.07) is -6.08. The van der Waals surface area contributed by atoms with Gasteiger partial charge in [-0.3, -0.25) is 57.7 Å². The molecule has 0 radical (unpaired) electrons. The Balaban J connectivity index is 2.41. The largest absolute Gasteiger partial charge is 0.481 e. The van der Waals surface area contributed by atoms with E-state index in [1.165, 1.54) is 0 Å². The number of aliphatic hydroxyl groups is 1. The van der Waals surface area contributed by atoms with Crippen LogP contribution in [0.2, 0.25) is 0 Å². The average molecular weight is 1220 g/mol. The number of fused-ring (bicyclic) bond motifs is 1. The summed E-state index contributed by atoms with van der Waals surface area (Å²) < 4.78 is 0. The summed E-state index contributed by atoms with van der Waals surface area (Å²) in [5, 5.41) is 53.1. The maximum Gasteiger partial charge on any atom is 0.326 e. The van der Waals surface area contributed by atoms with E-state index in [1.54, 1.807) is 72.0 Å². The maximum atomic E-state index is 14.4. The molecule has 10 amide bonds. The summed E-state index contributed by atoms with van der Waals surface area (Å²) in [5.41, 5.74) is 28.7. The molecule has 86 heavy (non-hydrogen) atoms. The minimum Gasteiger partial charge on any atom is -0.481 e. The number of unbranched alkanes of at least 4 members (excludes halogenated alkanes) is 1. The number of primary amides is 1. The van der Waals surface area contributed by atoms with Crippen molar-refractivity contribution in [2.75, 3.05) is 19.6 Å². The van der Waals surface area contributed by atoms with E-state index in [1.807, 2.05) is 0 Å². The number of amides is 10. The molecule has 0 aliphatic rings. The van der Waals surface area contributed by atoms with E-state index in [2.05, 4.69) is 57.8 Å². The van der Waals surface area contributed by atoms with Crippen LogP contribution in [0.1, 0.15) is 118 Å². The topological polar surface area (TPSA) is 532 Å². The Hall–Kier alpha value is -8.45. The molecule has 0 saturated heterocycles. The van der Waals surface area contributed by atoms with Crippen molar-refractivity contribution in [3.63, 3.8) is 0 Å². The number of nitrogens with one attached hydrogen (secondary N) is 10. The smallest absolute Gasteiger partial charge is 0.326 e. The van der Waals surface area contributed by atoms with Crippen LogP contribution >= 0.6 is 0 Å². The van der Waals surface area contributed by atoms with Crippen LogP contribution in [0, 0.1) is 17.8 Å². The van der Waals surface area contributed by atoms with Gasteiger partial charge in [-0.05, 0) is 94.2 Å². The molecule has 0 saturated carbocycles. The minimum atomic E-state index is -1.86. The molecule has 0 aliphatic heterocycles. The number of para-hydroxylation sites is 1. The van der Waals surface area contributed by atoms with Gasteiger partial charge in [0.2, 0.25) is 59.1 Å². The van der Waals surface area contributed by atoms with Crippen LogP contribution in [0.25, 0.3) is 10.9 Å². The molecular weight excluding hydrogens is 1120 g/mol. The summed E-state index contributed by atoms with van der Waals surface area (Å²) in [7, 11) is 0. The minimum absolute atomic E-state index is 0.0265. The van der Waals surface area contributed by atoms with Gasteiger partial charge in [0.1, 0.15) is 48.3 Å². The zero-order chi connectivity index (χ0) is 65.0. The van der Waals surface area contributed by atoms with Crippen molar-refractivity contribution in [2.45, 2.75) is 180 Å². The predicted molar refractivity (Wildman–Crippen MR) is 315 cm³/mol. The number of aromatic amines is 1. The van der Waals surface area contributed by atoms with E-state index < -0.39 is 150 Å². The molecule has 10 atom stereocenters. The number of aromatic nitrogens is 1. The fourth-order valence-electron chi connectivity index (χ4n) is 8.80. The van der Waals surface area contributed by atoms with Crippen molar-refractivity contribution in [1.29, 1.82) is 0 Å². The van der Waals surface area contributed by atoms with Gasteiger partial charge < -0.3 is 96.8 Å². The van der Waals surface area contributed by atoms with Crippen LogP contribution in [-0.2, 0) is 64.0 Å². The zero-order valence-electron chi connectivity index (χ0n) is 49.9. The predicted octanol–water partition coefficient (Wildman–Crippen LogP) is -3.83. The number of carboxylic acid groups (broad SMARTS) is 2. The normalized spacial score (nSPS) is 14.8. The molecule has 0 bridgehead atoms. The highest BCUT2D eigenvalue weighted by Crippen LogP contribution is 2.20. The lowest BCUT2D eigenvalue weighted by Crippen LogP contribution is -2.61. The first kappa shape index (κ1) is 73.7. The van der Waals surface area contributed by atoms with Crippen LogP contribution in [0.3, 0.4) is 0 Å². The molecule has 2 aromatic rings. The molecule has 31 heteroatoms. The lowest BCUT2D eigenvalue weighted by Gasteiger charge is -2.29. The molecular formula is C55H90N16O15. The van der Waals surface area contributed by atoms with Gasteiger partial charge in [0, 0.05) is 36.5 Å². The third-order valence-electron chi connectivity index (χ3n) is 13.4. The third kappa shape index (κ3) is 26.6. The van der Waals surface area contributed by atoms with E-state index >= 15 is 0 Å². The van der Waals surface area contributed by atoms with Gasteiger partial charge in [-0.1, -0.05) is 59.7 Å². The van der Waals surface area contributed by atoms with E-state index in [0.717, 1.165) is 6.92 Å².